The van der Waals surface area contributed by atoms with Crippen molar-refractivity contribution in [3.63, 3.8) is 0 Å². The number of aliphatic hydroxyl groups is 1. The van der Waals surface area contributed by atoms with Crippen LogP contribution >= 0.6 is 0 Å². The van der Waals surface area contributed by atoms with E-state index in [2.05, 4.69) is 16.6 Å². The highest BCUT2D eigenvalue weighted by Crippen LogP contribution is 2.27. The van der Waals surface area contributed by atoms with Crippen LogP contribution in [0.1, 0.15) is 44.9 Å². The van der Waals surface area contributed by atoms with Crippen LogP contribution in [0.25, 0.3) is 0 Å². The van der Waals surface area contributed by atoms with Crippen molar-refractivity contribution in [2.24, 2.45) is 0 Å². The molecule has 0 spiro atoms. The van der Waals surface area contributed by atoms with Gasteiger partial charge in [-0.1, -0.05) is 24.1 Å². The quantitative estimate of drug-likeness (QED) is 0.460. The second-order valence-electron chi connectivity index (χ2n) is 8.98. The molecule has 192 valence electrons. The third kappa shape index (κ3) is 7.75. The van der Waals surface area contributed by atoms with Crippen molar-refractivity contribution in [2.75, 3.05) is 25.6 Å². The maximum atomic E-state index is 13.6. The highest BCUT2D eigenvalue weighted by atomic mass is 16.6. The van der Waals surface area contributed by atoms with Crippen LogP contribution < -0.4 is 15.4 Å². The summed E-state index contributed by atoms with van der Waals surface area (Å²) in [6.07, 6.45) is 4.90. The maximum Gasteiger partial charge on any atom is 0.408 e. The van der Waals surface area contributed by atoms with E-state index in [1.807, 2.05) is 0 Å². The molecular weight excluding hydrogens is 462 g/mol. The van der Waals surface area contributed by atoms with Crippen LogP contribution in [-0.4, -0.2) is 59.8 Å². The molecule has 0 radical (unpaired) electrons. The Morgan fingerprint density at radius 3 is 2.31 bits per heavy atom. The molecule has 0 aromatic heterocycles. The number of nitrogens with one attached hydrogen (secondary N) is 2. The van der Waals surface area contributed by atoms with Gasteiger partial charge in [0.25, 0.3) is 5.91 Å². The molecule has 2 aromatic rings. The third-order valence-corrected chi connectivity index (χ3v) is 5.06. The van der Waals surface area contributed by atoms with E-state index in [0.717, 1.165) is 0 Å². The molecule has 3 N–H and O–H groups in total. The Morgan fingerprint density at radius 1 is 1.11 bits per heavy atom. The van der Waals surface area contributed by atoms with Gasteiger partial charge in [0.05, 0.1) is 13.7 Å². The van der Waals surface area contributed by atoms with Crippen LogP contribution in [0.5, 0.6) is 5.75 Å². The van der Waals surface area contributed by atoms with Crippen molar-refractivity contribution in [3.05, 3.63) is 59.7 Å². The van der Waals surface area contributed by atoms with Gasteiger partial charge >= 0.3 is 6.09 Å². The molecule has 0 aliphatic carbocycles. The minimum atomic E-state index is -1.19. The molecule has 36 heavy (non-hydrogen) atoms. The van der Waals surface area contributed by atoms with Crippen molar-refractivity contribution in [3.8, 4) is 18.1 Å². The smallest absolute Gasteiger partial charge is 0.408 e. The summed E-state index contributed by atoms with van der Waals surface area (Å²) in [5.41, 5.74) is 0.526. The van der Waals surface area contributed by atoms with E-state index in [1.165, 1.54) is 18.9 Å². The number of carbonyl (C=O) groups is 3. The van der Waals surface area contributed by atoms with Gasteiger partial charge in [-0.25, -0.2) is 4.79 Å². The van der Waals surface area contributed by atoms with Crippen molar-refractivity contribution >= 4 is 23.6 Å². The average Bonchev–Trinajstić information content (AvgIpc) is 2.82. The van der Waals surface area contributed by atoms with E-state index in [4.69, 9.17) is 15.9 Å². The maximum absolute atomic E-state index is 13.6. The monoisotopic (exact) mass is 495 g/mol. The molecule has 2 aromatic carbocycles. The number of terminal acetylenes is 1. The van der Waals surface area contributed by atoms with Gasteiger partial charge in [-0.15, -0.1) is 6.42 Å². The predicted molar refractivity (Wildman–Crippen MR) is 136 cm³/mol. The number of nitrogens with zero attached hydrogens (tertiary/aromatic N) is 1. The van der Waals surface area contributed by atoms with Crippen molar-refractivity contribution in [1.82, 2.24) is 10.2 Å². The van der Waals surface area contributed by atoms with E-state index in [-0.39, 0.29) is 6.54 Å². The fourth-order valence-electron chi connectivity index (χ4n) is 3.47. The van der Waals surface area contributed by atoms with E-state index in [9.17, 15) is 19.5 Å². The Kier molecular flexibility index (Phi) is 9.88. The largest absolute Gasteiger partial charge is 0.497 e. The Bertz CT molecular complexity index is 1100. The van der Waals surface area contributed by atoms with Crippen molar-refractivity contribution < 1.29 is 29.0 Å². The summed E-state index contributed by atoms with van der Waals surface area (Å²) in [7, 11) is 1.53. The summed E-state index contributed by atoms with van der Waals surface area (Å²) in [6.45, 7) is 5.98. The Morgan fingerprint density at radius 2 is 1.75 bits per heavy atom. The van der Waals surface area contributed by atoms with Gasteiger partial charge in [-0.05, 0) is 63.6 Å². The molecule has 0 saturated carbocycles. The molecule has 3 amide bonds. The minimum Gasteiger partial charge on any atom is -0.497 e. The van der Waals surface area contributed by atoms with Gasteiger partial charge in [-0.2, -0.15) is 0 Å². The summed E-state index contributed by atoms with van der Waals surface area (Å²) in [6, 6.07) is 11.2. The highest BCUT2D eigenvalue weighted by Gasteiger charge is 2.35. The molecule has 0 bridgehead atoms. The topological polar surface area (TPSA) is 117 Å². The first-order chi connectivity index (χ1) is 17.0. The lowest BCUT2D eigenvalue weighted by atomic mass is 9.97. The van der Waals surface area contributed by atoms with Gasteiger partial charge < -0.3 is 30.1 Å². The molecule has 0 aliphatic rings. The highest BCUT2D eigenvalue weighted by molar-refractivity contribution is 5.99. The van der Waals surface area contributed by atoms with E-state index in [0.29, 0.717) is 22.6 Å². The third-order valence-electron chi connectivity index (χ3n) is 5.06. The van der Waals surface area contributed by atoms with Gasteiger partial charge in [0.1, 0.15) is 23.4 Å². The fourth-order valence-corrected chi connectivity index (χ4v) is 3.47. The molecule has 0 aliphatic heterocycles. The van der Waals surface area contributed by atoms with Crippen LogP contribution in [0, 0.1) is 12.3 Å². The van der Waals surface area contributed by atoms with Crippen LogP contribution in [-0.2, 0) is 14.3 Å². The van der Waals surface area contributed by atoms with Crippen molar-refractivity contribution in [1.29, 1.82) is 0 Å². The van der Waals surface area contributed by atoms with Gasteiger partial charge in [-0.3, -0.25) is 9.59 Å². The second-order valence-corrected chi connectivity index (χ2v) is 8.98. The summed E-state index contributed by atoms with van der Waals surface area (Å²) in [5, 5.41) is 15.1. The molecule has 0 saturated heterocycles. The minimum absolute atomic E-state index is 0.182. The summed E-state index contributed by atoms with van der Waals surface area (Å²) < 4.78 is 10.4. The number of rotatable bonds is 9. The number of anilines is 1. The summed E-state index contributed by atoms with van der Waals surface area (Å²) >= 11 is 0. The predicted octanol–water partition coefficient (Wildman–Crippen LogP) is 3.09. The number of carbonyl (C=O) groups excluding carboxylic acids is 3. The molecule has 2 atom stereocenters. The number of benzene rings is 2. The molecule has 0 fully saturated rings. The van der Waals surface area contributed by atoms with Crippen molar-refractivity contribution in [2.45, 2.75) is 45.4 Å². The number of ether oxygens (including phenoxy) is 2. The SMILES string of the molecule is C#Cc1ccccc1C(C(=O)Nc1ccc(OC)cc1)N(CCO)C(=O)C(C)NC(=O)OC(C)(C)C. The molecule has 2 unspecified atom stereocenters. The van der Waals surface area contributed by atoms with Crippen LogP contribution in [0.2, 0.25) is 0 Å². The van der Waals surface area contributed by atoms with Crippen LogP contribution in [0.3, 0.4) is 0 Å². The van der Waals surface area contributed by atoms with Gasteiger partial charge in [0.2, 0.25) is 5.91 Å². The second kappa shape index (κ2) is 12.6. The standard InChI is InChI=1S/C27H33N3O6/c1-7-19-10-8-9-11-22(19)23(24(32)29-20-12-14-21(35-6)15-13-20)30(16-17-31)25(33)18(2)28-26(34)36-27(3,4)5/h1,8-15,18,23,31H,16-17H2,2-6H3,(H,28,34)(H,29,32). The van der Waals surface area contributed by atoms with Gasteiger partial charge in [0, 0.05) is 17.8 Å². The van der Waals surface area contributed by atoms with E-state index >= 15 is 0 Å². The number of methoxy groups -OCH3 is 1. The van der Waals surface area contributed by atoms with Crippen LogP contribution in [0.4, 0.5) is 10.5 Å². The van der Waals surface area contributed by atoms with E-state index < -0.39 is 42.2 Å². The summed E-state index contributed by atoms with van der Waals surface area (Å²) in [4.78, 5) is 40.5. The number of hydrogen-bond acceptors (Lipinski definition) is 6. The molecule has 2 rings (SSSR count). The zero-order chi connectivity index (χ0) is 26.9. The number of amides is 3. The molecular formula is C27H33N3O6. The average molecular weight is 496 g/mol. The lowest BCUT2D eigenvalue weighted by Crippen LogP contribution is -2.52. The number of hydrogen-bond donors (Lipinski definition) is 3. The molecule has 0 heterocycles. The normalized spacial score (nSPS) is 12.5. The Hall–Kier alpha value is -4.03. The van der Waals surface area contributed by atoms with Crippen LogP contribution in [0.15, 0.2) is 48.5 Å². The molecule has 9 heteroatoms. The zero-order valence-electron chi connectivity index (χ0n) is 21.2. The number of aliphatic hydroxyl groups excluding tert-OH is 1. The first kappa shape index (κ1) is 28.2. The first-order valence-corrected chi connectivity index (χ1v) is 11.4. The Labute approximate surface area is 211 Å². The van der Waals surface area contributed by atoms with E-state index in [1.54, 1.807) is 69.3 Å². The Balaban J connectivity index is 2.44. The lowest BCUT2D eigenvalue weighted by Gasteiger charge is -2.33. The fraction of sp³-hybridized carbons (Fsp3) is 0.370. The molecule has 9 nitrogen and oxygen atoms in total. The zero-order valence-corrected chi connectivity index (χ0v) is 21.2. The van der Waals surface area contributed by atoms with Gasteiger partial charge in [0.15, 0.2) is 0 Å². The number of alkyl carbamates (subject to hydrolysis) is 1. The lowest BCUT2D eigenvalue weighted by molar-refractivity contribution is -0.141. The first-order valence-electron chi connectivity index (χ1n) is 11.4. The summed E-state index contributed by atoms with van der Waals surface area (Å²) in [5.74, 6) is 2.01.